The first-order valence-electron chi connectivity index (χ1n) is 7.48. The minimum Gasteiger partial charge on any atom is -0.350 e. The highest BCUT2D eigenvalue weighted by Gasteiger charge is 2.14. The van der Waals surface area contributed by atoms with Gasteiger partial charge in [0.05, 0.1) is 10.9 Å². The first kappa shape index (κ1) is 18.6. The van der Waals surface area contributed by atoms with Crippen LogP contribution in [0.25, 0.3) is 0 Å². The molecule has 5 nitrogen and oxygen atoms in total. The van der Waals surface area contributed by atoms with E-state index in [1.165, 1.54) is 12.1 Å². The largest absolute Gasteiger partial charge is 0.350 e. The van der Waals surface area contributed by atoms with Crippen molar-refractivity contribution in [2.24, 2.45) is 0 Å². The monoisotopic (exact) mass is 410 g/mol. The van der Waals surface area contributed by atoms with E-state index >= 15 is 0 Å². The molecule has 1 atom stereocenters. The van der Waals surface area contributed by atoms with Gasteiger partial charge in [0, 0.05) is 17.4 Å². The molecule has 2 aromatic rings. The van der Waals surface area contributed by atoms with Gasteiger partial charge in [0.2, 0.25) is 15.9 Å². The number of nitrogens with one attached hydrogen (secondary N) is 2. The summed E-state index contributed by atoms with van der Waals surface area (Å²) in [6.07, 6.45) is 0.0763. The molecule has 0 aliphatic heterocycles. The summed E-state index contributed by atoms with van der Waals surface area (Å²) in [4.78, 5) is 12.1. The second-order valence-corrected chi connectivity index (χ2v) is 7.98. The Labute approximate surface area is 150 Å². The lowest BCUT2D eigenvalue weighted by molar-refractivity contribution is -0.121. The van der Waals surface area contributed by atoms with E-state index in [0.717, 1.165) is 10.0 Å². The molecule has 0 saturated heterocycles. The predicted octanol–water partition coefficient (Wildman–Crippen LogP) is 2.99. The van der Waals surface area contributed by atoms with Crippen LogP contribution >= 0.6 is 15.9 Å². The van der Waals surface area contributed by atoms with Gasteiger partial charge in [-0.3, -0.25) is 4.79 Å². The van der Waals surface area contributed by atoms with Crippen LogP contribution in [0.2, 0.25) is 0 Å². The average Bonchev–Trinajstić information content (AvgIpc) is 2.56. The summed E-state index contributed by atoms with van der Waals surface area (Å²) in [5.74, 6) is -0.207. The number of hydrogen-bond donors (Lipinski definition) is 2. The van der Waals surface area contributed by atoms with Crippen LogP contribution in [0.5, 0.6) is 0 Å². The number of carbonyl (C=O) groups excluding carboxylic acids is 1. The highest BCUT2D eigenvalue weighted by molar-refractivity contribution is 9.10. The zero-order chi connectivity index (χ0) is 17.6. The Bertz CT molecular complexity index is 777. The number of benzene rings is 2. The molecule has 0 radical (unpaired) electrons. The number of rotatable bonds is 7. The molecule has 0 aromatic heterocycles. The van der Waals surface area contributed by atoms with Crippen molar-refractivity contribution < 1.29 is 13.2 Å². The summed E-state index contributed by atoms with van der Waals surface area (Å²) in [6.45, 7) is 1.94. The average molecular weight is 411 g/mol. The standard InChI is InChI=1S/C17H19BrN2O3S/c1-13(14-7-9-15(18)10-8-14)20-17(21)11-12-19-24(22,23)16-5-3-2-4-6-16/h2-10,13,19H,11-12H2,1H3,(H,20,21). The topological polar surface area (TPSA) is 75.3 Å². The van der Waals surface area contributed by atoms with Gasteiger partial charge in [0.1, 0.15) is 0 Å². The summed E-state index contributed by atoms with van der Waals surface area (Å²) < 4.78 is 27.5. The van der Waals surface area contributed by atoms with E-state index < -0.39 is 10.0 Å². The molecule has 1 amide bonds. The van der Waals surface area contributed by atoms with E-state index in [2.05, 4.69) is 26.0 Å². The molecule has 0 aliphatic rings. The van der Waals surface area contributed by atoms with Crippen molar-refractivity contribution in [3.63, 3.8) is 0 Å². The third kappa shape index (κ3) is 5.43. The van der Waals surface area contributed by atoms with Crippen molar-refractivity contribution in [3.8, 4) is 0 Å². The predicted molar refractivity (Wildman–Crippen MR) is 96.9 cm³/mol. The number of hydrogen-bond acceptors (Lipinski definition) is 3. The molecule has 1 unspecified atom stereocenters. The molecular formula is C17H19BrN2O3S. The zero-order valence-corrected chi connectivity index (χ0v) is 15.6. The van der Waals surface area contributed by atoms with Crippen molar-refractivity contribution in [1.29, 1.82) is 0 Å². The van der Waals surface area contributed by atoms with Crippen molar-refractivity contribution in [3.05, 3.63) is 64.6 Å². The van der Waals surface area contributed by atoms with Gasteiger partial charge in [0.15, 0.2) is 0 Å². The number of carbonyl (C=O) groups is 1. The number of amides is 1. The highest BCUT2D eigenvalue weighted by atomic mass is 79.9. The minimum atomic E-state index is -3.58. The van der Waals surface area contributed by atoms with Gasteiger partial charge in [-0.25, -0.2) is 13.1 Å². The fourth-order valence-electron chi connectivity index (χ4n) is 2.13. The van der Waals surface area contributed by atoms with Crippen LogP contribution in [-0.2, 0) is 14.8 Å². The van der Waals surface area contributed by atoms with Crippen molar-refractivity contribution in [2.45, 2.75) is 24.3 Å². The summed E-state index contributed by atoms with van der Waals surface area (Å²) >= 11 is 3.36. The van der Waals surface area contributed by atoms with Gasteiger partial charge < -0.3 is 5.32 Å². The Morgan fingerprint density at radius 2 is 1.71 bits per heavy atom. The minimum absolute atomic E-state index is 0.0517. The SMILES string of the molecule is CC(NC(=O)CCNS(=O)(=O)c1ccccc1)c1ccc(Br)cc1. The third-order valence-electron chi connectivity index (χ3n) is 3.45. The maximum atomic E-state index is 12.0. The number of halogens is 1. The Hall–Kier alpha value is -1.70. The van der Waals surface area contributed by atoms with Gasteiger partial charge in [-0.05, 0) is 36.8 Å². The lowest BCUT2D eigenvalue weighted by atomic mass is 10.1. The molecule has 7 heteroatoms. The molecule has 128 valence electrons. The number of sulfonamides is 1. The van der Waals surface area contributed by atoms with Crippen LogP contribution in [-0.4, -0.2) is 20.9 Å². The molecule has 0 saturated carbocycles. The van der Waals surface area contributed by atoms with Gasteiger partial charge in [0.25, 0.3) is 0 Å². The molecule has 0 spiro atoms. The lowest BCUT2D eigenvalue weighted by Crippen LogP contribution is -2.32. The first-order chi connectivity index (χ1) is 11.4. The summed E-state index contributed by atoms with van der Waals surface area (Å²) in [6, 6.07) is 15.6. The molecule has 2 rings (SSSR count). The van der Waals surface area contributed by atoms with Crippen LogP contribution in [0.1, 0.15) is 24.9 Å². The molecule has 0 bridgehead atoms. The van der Waals surface area contributed by atoms with Crippen LogP contribution in [0.15, 0.2) is 64.0 Å². The lowest BCUT2D eigenvalue weighted by Gasteiger charge is -2.14. The molecular weight excluding hydrogens is 392 g/mol. The fraction of sp³-hybridized carbons (Fsp3) is 0.235. The first-order valence-corrected chi connectivity index (χ1v) is 9.75. The van der Waals surface area contributed by atoms with Gasteiger partial charge >= 0.3 is 0 Å². The summed E-state index contributed by atoms with van der Waals surface area (Å²) in [5.41, 5.74) is 0.983. The second-order valence-electron chi connectivity index (χ2n) is 5.30. The van der Waals surface area contributed by atoms with Gasteiger partial charge in [-0.15, -0.1) is 0 Å². The normalized spacial score (nSPS) is 12.6. The fourth-order valence-corrected chi connectivity index (χ4v) is 3.45. The van der Waals surface area contributed by atoms with Gasteiger partial charge in [-0.2, -0.15) is 0 Å². The van der Waals surface area contributed by atoms with E-state index in [9.17, 15) is 13.2 Å². The van der Waals surface area contributed by atoms with E-state index in [-0.39, 0.29) is 29.8 Å². The quantitative estimate of drug-likeness (QED) is 0.736. The van der Waals surface area contributed by atoms with E-state index in [1.54, 1.807) is 18.2 Å². The van der Waals surface area contributed by atoms with E-state index in [0.29, 0.717) is 0 Å². The van der Waals surface area contributed by atoms with E-state index in [1.807, 2.05) is 31.2 Å². The third-order valence-corrected chi connectivity index (χ3v) is 5.45. The molecule has 0 aliphatic carbocycles. The van der Waals surface area contributed by atoms with Gasteiger partial charge in [-0.1, -0.05) is 46.3 Å². The Balaban J connectivity index is 1.82. The Morgan fingerprint density at radius 3 is 2.33 bits per heavy atom. The van der Waals surface area contributed by atoms with Crippen LogP contribution < -0.4 is 10.0 Å². The van der Waals surface area contributed by atoms with Crippen molar-refractivity contribution >= 4 is 31.9 Å². The Morgan fingerprint density at radius 1 is 1.08 bits per heavy atom. The summed E-state index contributed by atoms with van der Waals surface area (Å²) in [5, 5.41) is 2.85. The second kappa shape index (κ2) is 8.41. The molecule has 2 N–H and O–H groups in total. The van der Waals surface area contributed by atoms with Crippen LogP contribution in [0.3, 0.4) is 0 Å². The maximum Gasteiger partial charge on any atom is 0.240 e. The summed E-state index contributed by atoms with van der Waals surface area (Å²) in [7, 11) is -3.58. The zero-order valence-electron chi connectivity index (χ0n) is 13.2. The van der Waals surface area contributed by atoms with Crippen LogP contribution in [0.4, 0.5) is 0 Å². The van der Waals surface area contributed by atoms with E-state index in [4.69, 9.17) is 0 Å². The molecule has 24 heavy (non-hydrogen) atoms. The maximum absolute atomic E-state index is 12.0. The smallest absolute Gasteiger partial charge is 0.240 e. The molecule has 0 heterocycles. The highest BCUT2D eigenvalue weighted by Crippen LogP contribution is 2.16. The molecule has 0 fully saturated rings. The molecule has 2 aromatic carbocycles. The Kier molecular flexibility index (Phi) is 6.53. The van der Waals surface area contributed by atoms with Crippen molar-refractivity contribution in [2.75, 3.05) is 6.54 Å². The van der Waals surface area contributed by atoms with Crippen LogP contribution in [0, 0.1) is 0 Å². The van der Waals surface area contributed by atoms with Crippen molar-refractivity contribution in [1.82, 2.24) is 10.0 Å².